The summed E-state index contributed by atoms with van der Waals surface area (Å²) in [7, 11) is 0. The minimum atomic E-state index is -0.759. The van der Waals surface area contributed by atoms with Gasteiger partial charge in [-0.25, -0.2) is 0 Å². The molecule has 0 saturated carbocycles. The number of hydrogen-bond acceptors (Lipinski definition) is 6. The highest BCUT2D eigenvalue weighted by atomic mass is 16.6. The summed E-state index contributed by atoms with van der Waals surface area (Å²) in [6, 6.07) is 0. The normalized spacial score (nSPS) is 12.6. The van der Waals surface area contributed by atoms with Crippen LogP contribution in [0.1, 0.15) is 259 Å². The predicted octanol–water partition coefficient (Wildman–Crippen LogP) is 15.0. The van der Waals surface area contributed by atoms with Gasteiger partial charge < -0.3 is 14.2 Å². The Hall–Kier alpha value is -1.59. The number of unbranched alkanes of at least 4 members (excludes halogenated alkanes) is 26. The van der Waals surface area contributed by atoms with Gasteiger partial charge in [0.05, 0.1) is 0 Å². The molecule has 0 bridgehead atoms. The van der Waals surface area contributed by atoms with Crippen molar-refractivity contribution in [3.05, 3.63) is 0 Å². The number of esters is 3. The van der Waals surface area contributed by atoms with Crippen LogP contribution in [0.15, 0.2) is 0 Å². The van der Waals surface area contributed by atoms with Gasteiger partial charge >= 0.3 is 17.9 Å². The molecule has 54 heavy (non-hydrogen) atoms. The van der Waals surface area contributed by atoms with E-state index in [9.17, 15) is 14.4 Å². The largest absolute Gasteiger partial charge is 0.462 e. The molecule has 0 N–H and O–H groups in total. The van der Waals surface area contributed by atoms with Crippen LogP contribution in [0, 0.1) is 11.8 Å². The number of rotatable bonds is 42. The molecule has 0 rings (SSSR count). The molecule has 0 aliphatic rings. The lowest BCUT2D eigenvalue weighted by Crippen LogP contribution is -2.30. The lowest BCUT2D eigenvalue weighted by molar-refractivity contribution is -0.167. The molecule has 6 nitrogen and oxygen atoms in total. The van der Waals surface area contributed by atoms with Gasteiger partial charge in [-0.3, -0.25) is 14.4 Å². The summed E-state index contributed by atoms with van der Waals surface area (Å²) in [5.41, 5.74) is 0. The van der Waals surface area contributed by atoms with Crippen molar-refractivity contribution in [2.24, 2.45) is 11.8 Å². The van der Waals surface area contributed by atoms with Crippen LogP contribution >= 0.6 is 0 Å². The van der Waals surface area contributed by atoms with E-state index in [2.05, 4.69) is 34.6 Å². The number of carbonyl (C=O) groups excluding carboxylic acids is 3. The predicted molar refractivity (Wildman–Crippen MR) is 229 cm³/mol. The van der Waals surface area contributed by atoms with Gasteiger partial charge in [-0.15, -0.1) is 0 Å². The third-order valence-electron chi connectivity index (χ3n) is 11.1. The van der Waals surface area contributed by atoms with Gasteiger partial charge in [0, 0.05) is 19.3 Å². The first-order valence-corrected chi connectivity index (χ1v) is 23.8. The van der Waals surface area contributed by atoms with Gasteiger partial charge in [0.1, 0.15) is 13.2 Å². The van der Waals surface area contributed by atoms with E-state index in [4.69, 9.17) is 14.2 Å². The molecular weight excluding hydrogens is 673 g/mol. The third-order valence-corrected chi connectivity index (χ3v) is 11.1. The zero-order valence-electron chi connectivity index (χ0n) is 36.8. The van der Waals surface area contributed by atoms with Crippen molar-refractivity contribution >= 4 is 17.9 Å². The summed E-state index contributed by atoms with van der Waals surface area (Å²) < 4.78 is 16.7. The van der Waals surface area contributed by atoms with Crippen LogP contribution in [-0.4, -0.2) is 37.2 Å². The van der Waals surface area contributed by atoms with Gasteiger partial charge in [0.15, 0.2) is 6.10 Å². The van der Waals surface area contributed by atoms with Crippen molar-refractivity contribution in [2.75, 3.05) is 13.2 Å². The van der Waals surface area contributed by atoms with Crippen molar-refractivity contribution in [1.29, 1.82) is 0 Å². The van der Waals surface area contributed by atoms with E-state index in [-0.39, 0.29) is 31.1 Å². The highest BCUT2D eigenvalue weighted by molar-refractivity contribution is 5.71. The van der Waals surface area contributed by atoms with E-state index >= 15 is 0 Å². The topological polar surface area (TPSA) is 78.9 Å². The SMILES string of the molecule is CCCCCCCCCC(=O)OC[C@@H](COC(=O)CCCCCCCCCCC(C)C)OC(=O)CCCCCCCCCCCCCCCCC(C)CC. The van der Waals surface area contributed by atoms with Crippen LogP contribution < -0.4 is 0 Å². The zero-order valence-corrected chi connectivity index (χ0v) is 36.8. The van der Waals surface area contributed by atoms with Crippen molar-refractivity contribution in [3.8, 4) is 0 Å². The number of hydrogen-bond donors (Lipinski definition) is 0. The van der Waals surface area contributed by atoms with Crippen LogP contribution in [0.5, 0.6) is 0 Å². The summed E-state index contributed by atoms with van der Waals surface area (Å²) in [6.07, 6.45) is 39.6. The molecule has 2 atom stereocenters. The van der Waals surface area contributed by atoms with E-state index in [1.807, 2.05) is 0 Å². The van der Waals surface area contributed by atoms with Gasteiger partial charge in [0.2, 0.25) is 0 Å². The summed E-state index contributed by atoms with van der Waals surface area (Å²) in [5.74, 6) is 0.829. The molecule has 0 aromatic rings. The molecule has 0 radical (unpaired) electrons. The fourth-order valence-corrected chi connectivity index (χ4v) is 7.07. The summed E-state index contributed by atoms with van der Waals surface area (Å²) in [4.78, 5) is 37.6. The summed E-state index contributed by atoms with van der Waals surface area (Å²) in [5, 5.41) is 0. The van der Waals surface area contributed by atoms with Gasteiger partial charge in [0.25, 0.3) is 0 Å². The second kappa shape index (κ2) is 41.1. The average molecular weight is 765 g/mol. The molecule has 1 unspecified atom stereocenters. The number of ether oxygens (including phenoxy) is 3. The minimum Gasteiger partial charge on any atom is -0.462 e. The molecule has 0 aliphatic carbocycles. The molecule has 0 spiro atoms. The van der Waals surface area contributed by atoms with E-state index in [0.29, 0.717) is 19.3 Å². The molecule has 0 saturated heterocycles. The second-order valence-corrected chi connectivity index (χ2v) is 17.1. The Labute approximate surface area is 336 Å². The molecule has 0 fully saturated rings. The molecule has 0 amide bonds. The van der Waals surface area contributed by atoms with Gasteiger partial charge in [-0.05, 0) is 31.1 Å². The van der Waals surface area contributed by atoms with E-state index < -0.39 is 6.10 Å². The average Bonchev–Trinajstić information content (AvgIpc) is 3.15. The summed E-state index contributed by atoms with van der Waals surface area (Å²) in [6.45, 7) is 11.3. The molecular formula is C48H92O6. The molecule has 6 heteroatoms. The fourth-order valence-electron chi connectivity index (χ4n) is 7.07. The Morgan fingerprint density at radius 1 is 0.389 bits per heavy atom. The third kappa shape index (κ3) is 40.1. The first-order chi connectivity index (χ1) is 26.3. The van der Waals surface area contributed by atoms with Gasteiger partial charge in [-0.2, -0.15) is 0 Å². The quantitative estimate of drug-likeness (QED) is 0.0350. The van der Waals surface area contributed by atoms with Crippen LogP contribution in [0.4, 0.5) is 0 Å². The fraction of sp³-hybridized carbons (Fsp3) is 0.938. The zero-order chi connectivity index (χ0) is 39.7. The smallest absolute Gasteiger partial charge is 0.306 e. The van der Waals surface area contributed by atoms with E-state index in [1.54, 1.807) is 0 Å². The molecule has 0 heterocycles. The standard InChI is InChI=1S/C48H92O6/c1-6-8-9-10-21-28-33-38-46(49)52-41-45(42-53-47(50)39-34-29-24-20-19-22-26-31-36-43(3)4)54-48(51)40-35-30-25-18-16-14-12-11-13-15-17-23-27-32-37-44(5)7-2/h43-45H,6-42H2,1-5H3/t44?,45-/m0/s1. The maximum atomic E-state index is 12.7. The molecule has 0 aliphatic heterocycles. The maximum Gasteiger partial charge on any atom is 0.306 e. The number of carbonyl (C=O) groups is 3. The lowest BCUT2D eigenvalue weighted by Gasteiger charge is -2.18. The first kappa shape index (κ1) is 52.4. The van der Waals surface area contributed by atoms with Crippen LogP contribution in [0.2, 0.25) is 0 Å². The highest BCUT2D eigenvalue weighted by Gasteiger charge is 2.19. The van der Waals surface area contributed by atoms with E-state index in [1.165, 1.54) is 148 Å². The Morgan fingerprint density at radius 2 is 0.704 bits per heavy atom. The Balaban J connectivity index is 4.22. The molecule has 0 aromatic heterocycles. The monoisotopic (exact) mass is 765 g/mol. The van der Waals surface area contributed by atoms with Crippen molar-refractivity contribution in [2.45, 2.75) is 265 Å². The van der Waals surface area contributed by atoms with E-state index in [0.717, 1.165) is 69.6 Å². The van der Waals surface area contributed by atoms with Crippen molar-refractivity contribution in [3.63, 3.8) is 0 Å². The Kier molecular flexibility index (Phi) is 39.8. The summed E-state index contributed by atoms with van der Waals surface area (Å²) >= 11 is 0. The Bertz CT molecular complexity index is 826. The first-order valence-electron chi connectivity index (χ1n) is 23.8. The van der Waals surface area contributed by atoms with Crippen LogP contribution in [0.25, 0.3) is 0 Å². The Morgan fingerprint density at radius 3 is 1.06 bits per heavy atom. The maximum absolute atomic E-state index is 12.7. The van der Waals surface area contributed by atoms with Crippen molar-refractivity contribution < 1.29 is 28.6 Å². The van der Waals surface area contributed by atoms with Crippen LogP contribution in [-0.2, 0) is 28.6 Å². The molecule has 320 valence electrons. The highest BCUT2D eigenvalue weighted by Crippen LogP contribution is 2.17. The second-order valence-electron chi connectivity index (χ2n) is 17.1. The van der Waals surface area contributed by atoms with Gasteiger partial charge in [-0.1, -0.05) is 221 Å². The minimum absolute atomic E-state index is 0.0654. The van der Waals surface area contributed by atoms with Crippen molar-refractivity contribution in [1.82, 2.24) is 0 Å². The van der Waals surface area contributed by atoms with Crippen LogP contribution in [0.3, 0.4) is 0 Å². The lowest BCUT2D eigenvalue weighted by atomic mass is 9.99. The molecule has 0 aromatic carbocycles.